The molecule has 2 N–H and O–H groups in total. The number of non-ortho nitro benzene ring substituents is 1. The number of nitro benzene ring substituents is 1. The molecule has 1 atom stereocenters. The number of nitrogens with one attached hydrogen (secondary N) is 1. The van der Waals surface area contributed by atoms with E-state index in [2.05, 4.69) is 4.72 Å². The van der Waals surface area contributed by atoms with Crippen LogP contribution in [0.15, 0.2) is 23.1 Å². The molecule has 1 aromatic carbocycles. The molecule has 0 saturated carbocycles. The topological polar surface area (TPSA) is 110 Å². The van der Waals surface area contributed by atoms with Crippen molar-refractivity contribution in [3.05, 3.63) is 33.9 Å². The summed E-state index contributed by atoms with van der Waals surface area (Å²) in [4.78, 5) is 10.0. The van der Waals surface area contributed by atoms with Gasteiger partial charge in [0.15, 0.2) is 0 Å². The molecule has 21 heavy (non-hydrogen) atoms. The number of aliphatic hydroxyl groups is 1. The van der Waals surface area contributed by atoms with Crippen LogP contribution in [0.3, 0.4) is 0 Å². The van der Waals surface area contributed by atoms with Crippen LogP contribution in [0.1, 0.15) is 12.5 Å². The number of sulfonamides is 1. The first-order valence-electron chi connectivity index (χ1n) is 6.05. The van der Waals surface area contributed by atoms with Crippen LogP contribution < -0.4 is 4.72 Å². The molecule has 0 bridgehead atoms. The standard InChI is InChI=1S/C12H18N2O5S2/c1-9-6-10(14(16)17)4-5-11(9)21(18,19)13-7-12(2,15)8-20-3/h4-6,13,15H,7-8H2,1-3H3. The van der Waals surface area contributed by atoms with E-state index in [9.17, 15) is 23.6 Å². The second-order valence-electron chi connectivity index (χ2n) is 4.96. The molecule has 0 aromatic heterocycles. The van der Waals surface area contributed by atoms with Gasteiger partial charge in [0.05, 0.1) is 15.4 Å². The second-order valence-corrected chi connectivity index (χ2v) is 7.56. The van der Waals surface area contributed by atoms with Gasteiger partial charge in [-0.1, -0.05) is 0 Å². The number of hydrogen-bond donors (Lipinski definition) is 2. The molecule has 0 saturated heterocycles. The lowest BCUT2D eigenvalue weighted by Gasteiger charge is -2.22. The third kappa shape index (κ3) is 4.95. The van der Waals surface area contributed by atoms with Gasteiger partial charge in [-0.3, -0.25) is 10.1 Å². The predicted molar refractivity (Wildman–Crippen MR) is 82.0 cm³/mol. The van der Waals surface area contributed by atoms with E-state index in [-0.39, 0.29) is 22.7 Å². The molecule has 0 amide bonds. The first kappa shape index (κ1) is 17.9. The summed E-state index contributed by atoms with van der Waals surface area (Å²) in [6, 6.07) is 3.54. The number of thioether (sulfide) groups is 1. The molecule has 0 fully saturated rings. The maximum atomic E-state index is 12.2. The highest BCUT2D eigenvalue weighted by Gasteiger charge is 2.25. The third-order valence-corrected chi connectivity index (χ3v) is 5.23. The van der Waals surface area contributed by atoms with E-state index >= 15 is 0 Å². The zero-order chi connectivity index (χ0) is 16.3. The van der Waals surface area contributed by atoms with Crippen LogP contribution in [0.5, 0.6) is 0 Å². The summed E-state index contributed by atoms with van der Waals surface area (Å²) in [5.41, 5.74) is -1.05. The summed E-state index contributed by atoms with van der Waals surface area (Å²) in [5, 5.41) is 20.6. The van der Waals surface area contributed by atoms with Gasteiger partial charge in [-0.15, -0.1) is 0 Å². The van der Waals surface area contributed by atoms with E-state index in [1.165, 1.54) is 37.7 Å². The Morgan fingerprint density at radius 1 is 1.48 bits per heavy atom. The summed E-state index contributed by atoms with van der Waals surface area (Å²) < 4.78 is 26.7. The Kier molecular flexibility index (Phi) is 5.74. The fourth-order valence-corrected chi connectivity index (χ4v) is 3.85. The quantitative estimate of drug-likeness (QED) is 0.574. The van der Waals surface area contributed by atoms with Gasteiger partial charge in [0.1, 0.15) is 0 Å². The molecular formula is C12H18N2O5S2. The van der Waals surface area contributed by atoms with Crippen molar-refractivity contribution in [1.82, 2.24) is 4.72 Å². The number of rotatable bonds is 7. The minimum absolute atomic E-state index is 0.0342. The highest BCUT2D eigenvalue weighted by atomic mass is 32.2. The van der Waals surface area contributed by atoms with E-state index in [4.69, 9.17) is 0 Å². The van der Waals surface area contributed by atoms with Crippen molar-refractivity contribution in [2.45, 2.75) is 24.3 Å². The lowest BCUT2D eigenvalue weighted by molar-refractivity contribution is -0.385. The first-order chi connectivity index (χ1) is 9.59. The van der Waals surface area contributed by atoms with Crippen molar-refractivity contribution >= 4 is 27.5 Å². The molecule has 7 nitrogen and oxygen atoms in total. The smallest absolute Gasteiger partial charge is 0.269 e. The normalized spacial score (nSPS) is 14.7. The number of nitrogens with zero attached hydrogens (tertiary/aromatic N) is 1. The van der Waals surface area contributed by atoms with Crippen LogP contribution in [-0.2, 0) is 10.0 Å². The molecule has 1 rings (SSSR count). The van der Waals surface area contributed by atoms with Crippen LogP contribution >= 0.6 is 11.8 Å². The lowest BCUT2D eigenvalue weighted by Crippen LogP contribution is -2.42. The fourth-order valence-electron chi connectivity index (χ4n) is 1.74. The van der Waals surface area contributed by atoms with Crippen LogP contribution in [0.2, 0.25) is 0 Å². The van der Waals surface area contributed by atoms with E-state index in [1.54, 1.807) is 0 Å². The van der Waals surface area contributed by atoms with Crippen LogP contribution in [-0.4, -0.2) is 42.6 Å². The van der Waals surface area contributed by atoms with Gasteiger partial charge in [0.2, 0.25) is 10.0 Å². The highest BCUT2D eigenvalue weighted by molar-refractivity contribution is 7.98. The lowest BCUT2D eigenvalue weighted by atomic mass is 10.1. The van der Waals surface area contributed by atoms with Gasteiger partial charge < -0.3 is 5.11 Å². The summed E-state index contributed by atoms with van der Waals surface area (Å²) in [6.07, 6.45) is 1.81. The number of hydrogen-bond acceptors (Lipinski definition) is 6. The van der Waals surface area contributed by atoms with Crippen LogP contribution in [0.4, 0.5) is 5.69 Å². The van der Waals surface area contributed by atoms with E-state index in [0.29, 0.717) is 5.75 Å². The monoisotopic (exact) mass is 334 g/mol. The minimum atomic E-state index is -3.83. The molecule has 9 heteroatoms. The van der Waals surface area contributed by atoms with Crippen molar-refractivity contribution in [3.63, 3.8) is 0 Å². The Hall–Kier alpha value is -1.16. The average molecular weight is 334 g/mol. The predicted octanol–water partition coefficient (Wildman–Crippen LogP) is 1.30. The Labute approximate surface area is 128 Å². The zero-order valence-corrected chi connectivity index (χ0v) is 13.6. The van der Waals surface area contributed by atoms with Gasteiger partial charge in [0, 0.05) is 24.4 Å². The van der Waals surface area contributed by atoms with Crippen molar-refractivity contribution in [1.29, 1.82) is 0 Å². The van der Waals surface area contributed by atoms with Crippen LogP contribution in [0.25, 0.3) is 0 Å². The van der Waals surface area contributed by atoms with Crippen molar-refractivity contribution in [2.24, 2.45) is 0 Å². The molecule has 0 spiro atoms. The van der Waals surface area contributed by atoms with Crippen molar-refractivity contribution in [3.8, 4) is 0 Å². The maximum Gasteiger partial charge on any atom is 0.269 e. The summed E-state index contributed by atoms with van der Waals surface area (Å²) in [7, 11) is -3.83. The summed E-state index contributed by atoms with van der Waals surface area (Å²) in [5.74, 6) is 0.384. The molecule has 1 aromatic rings. The summed E-state index contributed by atoms with van der Waals surface area (Å²) in [6.45, 7) is 2.89. The van der Waals surface area contributed by atoms with Gasteiger partial charge in [-0.2, -0.15) is 11.8 Å². The van der Waals surface area contributed by atoms with Gasteiger partial charge in [-0.05, 0) is 31.7 Å². The minimum Gasteiger partial charge on any atom is -0.388 e. The molecule has 0 aliphatic carbocycles. The van der Waals surface area contributed by atoms with Gasteiger partial charge in [-0.25, -0.2) is 13.1 Å². The van der Waals surface area contributed by atoms with E-state index in [1.807, 2.05) is 6.26 Å². The largest absolute Gasteiger partial charge is 0.388 e. The number of benzene rings is 1. The molecular weight excluding hydrogens is 316 g/mol. The van der Waals surface area contributed by atoms with Crippen molar-refractivity contribution in [2.75, 3.05) is 18.6 Å². The zero-order valence-electron chi connectivity index (χ0n) is 12.0. The van der Waals surface area contributed by atoms with E-state index in [0.717, 1.165) is 6.07 Å². The molecule has 1 unspecified atom stereocenters. The van der Waals surface area contributed by atoms with Gasteiger partial charge in [0.25, 0.3) is 5.69 Å². The van der Waals surface area contributed by atoms with E-state index < -0.39 is 20.5 Å². The fraction of sp³-hybridized carbons (Fsp3) is 0.500. The maximum absolute atomic E-state index is 12.2. The van der Waals surface area contributed by atoms with Gasteiger partial charge >= 0.3 is 0 Å². The average Bonchev–Trinajstić information content (AvgIpc) is 2.36. The molecule has 118 valence electrons. The second kappa shape index (κ2) is 6.73. The SMILES string of the molecule is CSCC(C)(O)CNS(=O)(=O)c1ccc([N+](=O)[O-])cc1C. The molecule has 0 aliphatic heterocycles. The third-order valence-electron chi connectivity index (χ3n) is 2.76. The molecule has 0 aliphatic rings. The molecule has 0 heterocycles. The molecule has 0 radical (unpaired) electrons. The highest BCUT2D eigenvalue weighted by Crippen LogP contribution is 2.21. The Bertz CT molecular complexity index is 629. The van der Waals surface area contributed by atoms with Crippen molar-refractivity contribution < 1.29 is 18.4 Å². The Morgan fingerprint density at radius 2 is 2.10 bits per heavy atom. The number of aryl methyl sites for hydroxylation is 1. The number of nitro groups is 1. The van der Waals surface area contributed by atoms with Crippen LogP contribution in [0, 0.1) is 17.0 Å². The summed E-state index contributed by atoms with van der Waals surface area (Å²) >= 11 is 1.40. The first-order valence-corrected chi connectivity index (χ1v) is 8.93. The Morgan fingerprint density at radius 3 is 2.57 bits per heavy atom. The Balaban J connectivity index is 2.96.